The van der Waals surface area contributed by atoms with Crippen molar-refractivity contribution in [3.05, 3.63) is 64.2 Å². The first-order chi connectivity index (χ1) is 16.5. The van der Waals surface area contributed by atoms with E-state index in [9.17, 15) is 4.79 Å². The number of unbranched alkanes of at least 4 members (excludes halogenated alkanes) is 1. The Labute approximate surface area is 209 Å². The van der Waals surface area contributed by atoms with Gasteiger partial charge in [-0.25, -0.2) is 4.98 Å². The van der Waals surface area contributed by atoms with Gasteiger partial charge in [0.1, 0.15) is 5.01 Å². The predicted octanol–water partition coefficient (Wildman–Crippen LogP) is 7.29. The van der Waals surface area contributed by atoms with Gasteiger partial charge in [0.15, 0.2) is 0 Å². The van der Waals surface area contributed by atoms with Crippen LogP contribution in [0.5, 0.6) is 0 Å². The summed E-state index contributed by atoms with van der Waals surface area (Å²) in [4.78, 5) is 22.7. The summed E-state index contributed by atoms with van der Waals surface area (Å²) in [6, 6.07) is 10.4. The standard InChI is InChI=1S/C27H32N4OS2/c1-5-8-10-20(6-2)29-26(32)22-16-24(31(18(22)4)25-11-9-14-33-25)23-17-34-27(30-23)19-12-13-28-21(7-3)15-19/h9,11-17,20H,5-8,10H2,1-4H3,(H,29,32). The summed E-state index contributed by atoms with van der Waals surface area (Å²) < 4.78 is 2.16. The van der Waals surface area contributed by atoms with Crippen LogP contribution in [0.4, 0.5) is 0 Å². The van der Waals surface area contributed by atoms with Gasteiger partial charge in [0.2, 0.25) is 0 Å². The van der Waals surface area contributed by atoms with Gasteiger partial charge in [-0.15, -0.1) is 22.7 Å². The van der Waals surface area contributed by atoms with Gasteiger partial charge in [0, 0.05) is 34.6 Å². The van der Waals surface area contributed by atoms with Gasteiger partial charge in [0.05, 0.1) is 22.0 Å². The zero-order valence-corrected chi connectivity index (χ0v) is 21.9. The molecule has 0 spiro atoms. The lowest BCUT2D eigenvalue weighted by atomic mass is 10.1. The molecule has 4 aromatic heterocycles. The highest BCUT2D eigenvalue weighted by Crippen LogP contribution is 2.34. The van der Waals surface area contributed by atoms with Gasteiger partial charge < -0.3 is 9.88 Å². The molecule has 4 rings (SSSR count). The molecule has 34 heavy (non-hydrogen) atoms. The highest BCUT2D eigenvalue weighted by molar-refractivity contribution is 7.13. The van der Waals surface area contributed by atoms with Crippen LogP contribution in [0.1, 0.15) is 68.2 Å². The lowest BCUT2D eigenvalue weighted by Gasteiger charge is -2.16. The molecule has 0 fully saturated rings. The van der Waals surface area contributed by atoms with Gasteiger partial charge >= 0.3 is 0 Å². The molecule has 4 heterocycles. The van der Waals surface area contributed by atoms with E-state index in [1.54, 1.807) is 22.7 Å². The molecular formula is C27H32N4OS2. The molecule has 0 aromatic carbocycles. The van der Waals surface area contributed by atoms with Crippen molar-refractivity contribution in [1.29, 1.82) is 0 Å². The third kappa shape index (κ3) is 5.15. The minimum atomic E-state index is -0.00539. The number of nitrogens with one attached hydrogen (secondary N) is 1. The van der Waals surface area contributed by atoms with E-state index in [1.807, 2.05) is 31.3 Å². The fourth-order valence-corrected chi connectivity index (χ4v) is 5.73. The van der Waals surface area contributed by atoms with E-state index in [4.69, 9.17) is 4.98 Å². The summed E-state index contributed by atoms with van der Waals surface area (Å²) in [7, 11) is 0. The van der Waals surface area contributed by atoms with Crippen LogP contribution in [0, 0.1) is 6.92 Å². The molecule has 0 saturated carbocycles. The van der Waals surface area contributed by atoms with Crippen LogP contribution in [0.3, 0.4) is 0 Å². The van der Waals surface area contributed by atoms with Crippen molar-refractivity contribution in [2.24, 2.45) is 0 Å². The van der Waals surface area contributed by atoms with Crippen molar-refractivity contribution in [2.75, 3.05) is 0 Å². The molecule has 5 nitrogen and oxygen atoms in total. The van der Waals surface area contributed by atoms with Crippen molar-refractivity contribution in [2.45, 2.75) is 65.8 Å². The molecule has 0 bridgehead atoms. The second-order valence-corrected chi connectivity index (χ2v) is 10.2. The second kappa shape index (κ2) is 11.1. The number of hydrogen-bond acceptors (Lipinski definition) is 5. The first kappa shape index (κ1) is 24.4. The maximum atomic E-state index is 13.3. The van der Waals surface area contributed by atoms with Crippen LogP contribution in [-0.4, -0.2) is 26.5 Å². The highest BCUT2D eigenvalue weighted by atomic mass is 32.1. The number of thiazole rings is 1. The first-order valence-electron chi connectivity index (χ1n) is 12.0. The SMILES string of the molecule is CCCCC(CC)NC(=O)c1cc(-c2csc(-c3ccnc(CC)c3)n2)n(-c2cccs2)c1C. The number of thiophene rings is 1. The Bertz CT molecular complexity index is 1240. The van der Waals surface area contributed by atoms with Gasteiger partial charge in [0.25, 0.3) is 5.91 Å². The minimum Gasteiger partial charge on any atom is -0.349 e. The van der Waals surface area contributed by atoms with Crippen molar-refractivity contribution in [3.63, 3.8) is 0 Å². The average Bonchev–Trinajstić information content (AvgIpc) is 3.61. The minimum absolute atomic E-state index is 0.00539. The van der Waals surface area contributed by atoms with Crippen LogP contribution in [0.15, 0.2) is 47.3 Å². The highest BCUT2D eigenvalue weighted by Gasteiger charge is 2.23. The Morgan fingerprint density at radius 3 is 2.74 bits per heavy atom. The topological polar surface area (TPSA) is 59.8 Å². The summed E-state index contributed by atoms with van der Waals surface area (Å²) in [5.74, 6) is -0.00539. The maximum absolute atomic E-state index is 13.3. The molecule has 1 N–H and O–H groups in total. The van der Waals surface area contributed by atoms with Crippen molar-refractivity contribution in [1.82, 2.24) is 19.9 Å². The molecule has 178 valence electrons. The summed E-state index contributed by atoms with van der Waals surface area (Å²) >= 11 is 3.28. The average molecular weight is 493 g/mol. The van der Waals surface area contributed by atoms with E-state index in [0.29, 0.717) is 5.56 Å². The Kier molecular flexibility index (Phi) is 7.95. The van der Waals surface area contributed by atoms with E-state index < -0.39 is 0 Å². The summed E-state index contributed by atoms with van der Waals surface area (Å²) in [5.41, 5.74) is 5.60. The largest absolute Gasteiger partial charge is 0.349 e. The smallest absolute Gasteiger partial charge is 0.253 e. The number of pyridine rings is 1. The Hall–Kier alpha value is -2.77. The molecule has 7 heteroatoms. The predicted molar refractivity (Wildman–Crippen MR) is 143 cm³/mol. The number of carbonyl (C=O) groups excluding carboxylic acids is 1. The van der Waals surface area contributed by atoms with Crippen LogP contribution < -0.4 is 5.32 Å². The Morgan fingerprint density at radius 1 is 1.18 bits per heavy atom. The molecule has 1 amide bonds. The van der Waals surface area contributed by atoms with E-state index in [-0.39, 0.29) is 11.9 Å². The van der Waals surface area contributed by atoms with Crippen LogP contribution in [-0.2, 0) is 6.42 Å². The number of rotatable bonds is 10. The van der Waals surface area contributed by atoms with Gasteiger partial charge in [-0.3, -0.25) is 9.78 Å². The third-order valence-corrected chi connectivity index (χ3v) is 7.89. The third-order valence-electron chi connectivity index (χ3n) is 6.14. The number of nitrogens with zero attached hydrogens (tertiary/aromatic N) is 3. The molecule has 1 atom stereocenters. The molecule has 0 aliphatic carbocycles. The number of hydrogen-bond donors (Lipinski definition) is 1. The summed E-state index contributed by atoms with van der Waals surface area (Å²) in [6.45, 7) is 8.45. The maximum Gasteiger partial charge on any atom is 0.253 e. The van der Waals surface area contributed by atoms with Crippen molar-refractivity contribution >= 4 is 28.6 Å². The zero-order chi connectivity index (χ0) is 24.1. The summed E-state index contributed by atoms with van der Waals surface area (Å²) in [6.07, 6.45) is 6.94. The van der Waals surface area contributed by atoms with Crippen LogP contribution in [0.2, 0.25) is 0 Å². The number of amides is 1. The Morgan fingerprint density at radius 2 is 2.03 bits per heavy atom. The van der Waals surface area contributed by atoms with Crippen LogP contribution in [0.25, 0.3) is 27.0 Å². The molecule has 0 saturated heterocycles. The van der Waals surface area contributed by atoms with E-state index in [2.05, 4.69) is 58.5 Å². The number of carbonyl (C=O) groups is 1. The monoisotopic (exact) mass is 492 g/mol. The number of aryl methyl sites for hydroxylation is 1. The zero-order valence-electron chi connectivity index (χ0n) is 20.3. The van der Waals surface area contributed by atoms with Gasteiger partial charge in [-0.2, -0.15) is 0 Å². The fraction of sp³-hybridized carbons (Fsp3) is 0.370. The van der Waals surface area contributed by atoms with Crippen LogP contribution >= 0.6 is 22.7 Å². The summed E-state index contributed by atoms with van der Waals surface area (Å²) in [5, 5.41) is 9.45. The normalized spacial score (nSPS) is 12.1. The second-order valence-electron chi connectivity index (χ2n) is 8.46. The van der Waals surface area contributed by atoms with Crippen molar-refractivity contribution in [3.8, 4) is 27.0 Å². The molecule has 0 radical (unpaired) electrons. The van der Waals surface area contributed by atoms with Gasteiger partial charge in [-0.1, -0.05) is 33.6 Å². The Balaban J connectivity index is 1.72. The molecular weight excluding hydrogens is 460 g/mol. The number of aromatic nitrogens is 3. The van der Waals surface area contributed by atoms with E-state index >= 15 is 0 Å². The molecule has 1 unspecified atom stereocenters. The first-order valence-corrected chi connectivity index (χ1v) is 13.8. The molecule has 4 aromatic rings. The van der Waals surface area contributed by atoms with Gasteiger partial charge in [-0.05, 0) is 61.9 Å². The lowest BCUT2D eigenvalue weighted by molar-refractivity contribution is 0.0932. The quantitative estimate of drug-likeness (QED) is 0.253. The molecule has 0 aliphatic rings. The van der Waals surface area contributed by atoms with E-state index in [0.717, 1.165) is 70.5 Å². The lowest BCUT2D eigenvalue weighted by Crippen LogP contribution is -2.34. The molecule has 0 aliphatic heterocycles. The van der Waals surface area contributed by atoms with Crippen molar-refractivity contribution < 1.29 is 4.79 Å². The van der Waals surface area contributed by atoms with E-state index in [1.165, 1.54) is 0 Å². The fourth-order valence-electron chi connectivity index (χ4n) is 4.13.